The predicted octanol–water partition coefficient (Wildman–Crippen LogP) is 5.23. The maximum Gasteiger partial charge on any atom is 0.157 e. The molecule has 0 unspecified atom stereocenters. The molecular weight excluding hydrogens is 446 g/mol. The maximum atomic E-state index is 9.16. The summed E-state index contributed by atoms with van der Waals surface area (Å²) in [7, 11) is 0. The fraction of sp³-hybridized carbons (Fsp3) is 0.346. The van der Waals surface area contributed by atoms with Gasteiger partial charge in [0.05, 0.1) is 39.4 Å². The van der Waals surface area contributed by atoms with Gasteiger partial charge in [0.2, 0.25) is 0 Å². The molecule has 1 fully saturated rings. The molecule has 0 N–H and O–H groups in total. The Morgan fingerprint density at radius 2 is 1.88 bits per heavy atom. The van der Waals surface area contributed by atoms with Crippen molar-refractivity contribution >= 4 is 11.6 Å². The predicted molar refractivity (Wildman–Crippen MR) is 131 cm³/mol. The maximum absolute atomic E-state index is 9.16. The van der Waals surface area contributed by atoms with E-state index in [9.17, 15) is 0 Å². The summed E-state index contributed by atoms with van der Waals surface area (Å²) in [6.45, 7) is 6.92. The molecule has 5 rings (SSSR count). The van der Waals surface area contributed by atoms with Crippen molar-refractivity contribution in [3.63, 3.8) is 0 Å². The molecule has 0 atom stereocenters. The minimum atomic E-state index is 0.650. The molecular formula is C26H26ClN7. The van der Waals surface area contributed by atoms with Crippen LogP contribution in [0.1, 0.15) is 53.7 Å². The van der Waals surface area contributed by atoms with Crippen LogP contribution in [-0.2, 0) is 19.4 Å². The van der Waals surface area contributed by atoms with Gasteiger partial charge in [-0.05, 0) is 51.2 Å². The lowest BCUT2D eigenvalue weighted by atomic mass is 10.0. The van der Waals surface area contributed by atoms with Crippen molar-refractivity contribution in [3.8, 4) is 23.1 Å². The molecule has 1 aromatic carbocycles. The van der Waals surface area contributed by atoms with E-state index in [0.717, 1.165) is 41.3 Å². The van der Waals surface area contributed by atoms with Crippen LogP contribution < -0.4 is 0 Å². The van der Waals surface area contributed by atoms with E-state index in [1.54, 1.807) is 11.0 Å². The summed E-state index contributed by atoms with van der Waals surface area (Å²) >= 11 is 6.36. The third-order valence-corrected chi connectivity index (χ3v) is 6.96. The van der Waals surface area contributed by atoms with E-state index in [2.05, 4.69) is 32.7 Å². The van der Waals surface area contributed by atoms with Crippen LogP contribution >= 0.6 is 11.6 Å². The van der Waals surface area contributed by atoms with Gasteiger partial charge in [-0.15, -0.1) is 0 Å². The molecule has 0 saturated heterocycles. The van der Waals surface area contributed by atoms with Crippen LogP contribution in [0.25, 0.3) is 17.1 Å². The second-order valence-corrected chi connectivity index (χ2v) is 9.26. The largest absolute Gasteiger partial charge is 0.268 e. The highest BCUT2D eigenvalue weighted by Gasteiger charge is 2.26. The Morgan fingerprint density at radius 1 is 1.12 bits per heavy atom. The van der Waals surface area contributed by atoms with E-state index in [0.29, 0.717) is 28.7 Å². The first-order chi connectivity index (χ1) is 16.5. The van der Waals surface area contributed by atoms with Gasteiger partial charge in [0.25, 0.3) is 0 Å². The molecule has 0 radical (unpaired) electrons. The SMILES string of the molecule is CCc1c(-c2ccc(C#N)cc2)nn(CC2CC2)c1Cc1cc(-n2nc(C)c(Cl)c2C)ncn1. The number of nitrogens with zero attached hydrogens (tertiary/aromatic N) is 7. The average molecular weight is 472 g/mol. The van der Waals surface area contributed by atoms with E-state index in [1.807, 2.05) is 44.2 Å². The Bertz CT molecular complexity index is 1390. The highest BCUT2D eigenvalue weighted by atomic mass is 35.5. The lowest BCUT2D eigenvalue weighted by Crippen LogP contribution is -2.10. The monoisotopic (exact) mass is 471 g/mol. The third-order valence-electron chi connectivity index (χ3n) is 6.41. The Labute approximate surface area is 204 Å². The van der Waals surface area contributed by atoms with Gasteiger partial charge in [-0.1, -0.05) is 30.7 Å². The first-order valence-corrected chi connectivity index (χ1v) is 12.0. The normalized spacial score (nSPS) is 13.3. The smallest absolute Gasteiger partial charge is 0.157 e. The Kier molecular flexibility index (Phi) is 5.93. The minimum absolute atomic E-state index is 0.650. The molecule has 3 aromatic heterocycles. The quantitative estimate of drug-likeness (QED) is 0.368. The molecule has 1 aliphatic rings. The van der Waals surface area contributed by atoms with Crippen molar-refractivity contribution in [2.75, 3.05) is 0 Å². The van der Waals surface area contributed by atoms with Crippen LogP contribution in [0.15, 0.2) is 36.7 Å². The van der Waals surface area contributed by atoms with E-state index < -0.39 is 0 Å². The fourth-order valence-corrected chi connectivity index (χ4v) is 4.47. The first-order valence-electron chi connectivity index (χ1n) is 11.6. The van der Waals surface area contributed by atoms with Gasteiger partial charge >= 0.3 is 0 Å². The number of aromatic nitrogens is 6. The van der Waals surface area contributed by atoms with Crippen molar-refractivity contribution in [1.29, 1.82) is 5.26 Å². The van der Waals surface area contributed by atoms with Crippen LogP contribution in [-0.4, -0.2) is 29.5 Å². The van der Waals surface area contributed by atoms with E-state index in [-0.39, 0.29) is 0 Å². The van der Waals surface area contributed by atoms with Crippen LogP contribution in [0, 0.1) is 31.1 Å². The molecule has 7 nitrogen and oxygen atoms in total. The Morgan fingerprint density at radius 3 is 2.50 bits per heavy atom. The van der Waals surface area contributed by atoms with Crippen molar-refractivity contribution in [1.82, 2.24) is 29.5 Å². The summed E-state index contributed by atoms with van der Waals surface area (Å²) in [5.41, 5.74) is 7.63. The molecule has 0 bridgehead atoms. The molecule has 172 valence electrons. The Balaban J connectivity index is 1.54. The van der Waals surface area contributed by atoms with Crippen LogP contribution in [0.4, 0.5) is 0 Å². The number of rotatable bonds is 7. The summed E-state index contributed by atoms with van der Waals surface area (Å²) in [4.78, 5) is 9.01. The van der Waals surface area contributed by atoms with Gasteiger partial charge in [0, 0.05) is 35.9 Å². The van der Waals surface area contributed by atoms with Crippen molar-refractivity contribution in [2.45, 2.75) is 53.0 Å². The fourth-order valence-electron chi connectivity index (χ4n) is 4.35. The van der Waals surface area contributed by atoms with Crippen LogP contribution in [0.2, 0.25) is 5.02 Å². The summed E-state index contributed by atoms with van der Waals surface area (Å²) in [5, 5.41) is 19.4. The average Bonchev–Trinajstić information content (AvgIpc) is 3.56. The van der Waals surface area contributed by atoms with Gasteiger partial charge in [-0.25, -0.2) is 14.6 Å². The zero-order valence-electron chi connectivity index (χ0n) is 19.6. The van der Waals surface area contributed by atoms with Gasteiger partial charge in [0.15, 0.2) is 5.82 Å². The van der Waals surface area contributed by atoms with E-state index in [1.165, 1.54) is 24.1 Å². The van der Waals surface area contributed by atoms with Crippen molar-refractivity contribution in [2.24, 2.45) is 5.92 Å². The molecule has 1 saturated carbocycles. The first kappa shape index (κ1) is 22.3. The Hall–Kier alpha value is -3.50. The van der Waals surface area contributed by atoms with Crippen LogP contribution in [0.5, 0.6) is 0 Å². The lowest BCUT2D eigenvalue weighted by molar-refractivity contribution is 0.543. The standard InChI is InChI=1S/C26H26ClN7/c1-4-22-23(11-21-12-24(30-15-29-21)34-17(3)25(27)16(2)31-34)33(14-19-5-6-19)32-26(22)20-9-7-18(13-28)8-10-20/h7-10,12,15,19H,4-6,11,14H2,1-3H3. The molecule has 3 heterocycles. The zero-order valence-corrected chi connectivity index (χ0v) is 20.3. The molecule has 0 spiro atoms. The molecule has 4 aromatic rings. The second kappa shape index (κ2) is 9.03. The molecule has 0 amide bonds. The number of halogens is 1. The van der Waals surface area contributed by atoms with E-state index >= 15 is 0 Å². The number of hydrogen-bond acceptors (Lipinski definition) is 5. The van der Waals surface area contributed by atoms with Crippen LogP contribution in [0.3, 0.4) is 0 Å². The van der Waals surface area contributed by atoms with Gasteiger partial charge in [-0.3, -0.25) is 4.68 Å². The highest BCUT2D eigenvalue weighted by Crippen LogP contribution is 2.34. The van der Waals surface area contributed by atoms with Crippen molar-refractivity contribution in [3.05, 3.63) is 75.6 Å². The lowest BCUT2D eigenvalue weighted by Gasteiger charge is -2.10. The molecule has 34 heavy (non-hydrogen) atoms. The minimum Gasteiger partial charge on any atom is -0.268 e. The second-order valence-electron chi connectivity index (χ2n) is 8.88. The molecule has 0 aliphatic heterocycles. The summed E-state index contributed by atoms with van der Waals surface area (Å²) in [6, 6.07) is 11.8. The van der Waals surface area contributed by atoms with Gasteiger partial charge < -0.3 is 0 Å². The number of hydrogen-bond donors (Lipinski definition) is 0. The molecule has 8 heteroatoms. The van der Waals surface area contributed by atoms with Gasteiger partial charge in [0.1, 0.15) is 6.33 Å². The summed E-state index contributed by atoms with van der Waals surface area (Å²) < 4.78 is 3.94. The van der Waals surface area contributed by atoms with E-state index in [4.69, 9.17) is 22.0 Å². The van der Waals surface area contributed by atoms with Gasteiger partial charge in [-0.2, -0.15) is 15.5 Å². The molecule has 1 aliphatic carbocycles. The number of aryl methyl sites for hydroxylation is 1. The summed E-state index contributed by atoms with van der Waals surface area (Å²) in [6.07, 6.45) is 5.61. The third kappa shape index (κ3) is 4.22. The number of nitriles is 1. The number of benzene rings is 1. The van der Waals surface area contributed by atoms with Crippen molar-refractivity contribution < 1.29 is 0 Å². The topological polar surface area (TPSA) is 85.2 Å². The highest BCUT2D eigenvalue weighted by molar-refractivity contribution is 6.31. The summed E-state index contributed by atoms with van der Waals surface area (Å²) in [5.74, 6) is 1.39. The zero-order chi connectivity index (χ0) is 23.8.